The predicted octanol–water partition coefficient (Wildman–Crippen LogP) is 4.31. The fourth-order valence-corrected chi connectivity index (χ4v) is 6.96. The maximum atomic E-state index is 14.1. The molecule has 3 heterocycles. The number of carbonyl (C=O) groups excluding carboxylic acids is 2. The van der Waals surface area contributed by atoms with E-state index in [1.54, 1.807) is 6.33 Å². The van der Waals surface area contributed by atoms with Crippen molar-refractivity contribution < 1.29 is 14.3 Å². The number of aryl methyl sites for hydroxylation is 1. The van der Waals surface area contributed by atoms with Crippen LogP contribution in [0.2, 0.25) is 5.02 Å². The number of benzene rings is 1. The van der Waals surface area contributed by atoms with Gasteiger partial charge < -0.3 is 19.1 Å². The van der Waals surface area contributed by atoms with Crippen molar-refractivity contribution in [3.63, 3.8) is 0 Å². The summed E-state index contributed by atoms with van der Waals surface area (Å²) in [5, 5.41) is 8.80. The zero-order valence-corrected chi connectivity index (χ0v) is 22.5. The zero-order valence-electron chi connectivity index (χ0n) is 21.8. The van der Waals surface area contributed by atoms with E-state index >= 15 is 0 Å². The van der Waals surface area contributed by atoms with Gasteiger partial charge in [-0.05, 0) is 61.1 Å². The molecule has 2 aliphatic heterocycles. The highest BCUT2D eigenvalue weighted by Crippen LogP contribution is 2.54. The Morgan fingerprint density at radius 1 is 1.24 bits per heavy atom. The average Bonchev–Trinajstić information content (AvgIpc) is 3.39. The van der Waals surface area contributed by atoms with Crippen molar-refractivity contribution in [1.82, 2.24) is 24.6 Å². The minimum absolute atomic E-state index is 0.0315. The second-order valence-electron chi connectivity index (χ2n) is 11.7. The number of ether oxygens (including phenoxy) is 1. The predicted molar refractivity (Wildman–Crippen MR) is 139 cm³/mol. The maximum absolute atomic E-state index is 14.1. The van der Waals surface area contributed by atoms with Crippen LogP contribution >= 0.6 is 11.6 Å². The van der Waals surface area contributed by atoms with Gasteiger partial charge in [-0.2, -0.15) is 0 Å². The summed E-state index contributed by atoms with van der Waals surface area (Å²) in [4.78, 5) is 31.2. The average molecular weight is 526 g/mol. The Balaban J connectivity index is 1.36. The first-order valence-electron chi connectivity index (χ1n) is 13.7. The summed E-state index contributed by atoms with van der Waals surface area (Å²) >= 11 is 6.74. The molecule has 37 heavy (non-hydrogen) atoms. The van der Waals surface area contributed by atoms with Crippen molar-refractivity contribution >= 4 is 23.4 Å². The minimum atomic E-state index is -0.281. The summed E-state index contributed by atoms with van der Waals surface area (Å²) in [5.74, 6) is 2.24. The van der Waals surface area contributed by atoms with Crippen LogP contribution in [-0.2, 0) is 29.7 Å². The quantitative estimate of drug-likeness (QED) is 0.561. The van der Waals surface area contributed by atoms with Gasteiger partial charge >= 0.3 is 0 Å². The molecule has 0 unspecified atom stereocenters. The number of nitrogens with zero attached hydrogens (tertiary/aromatic N) is 5. The topological polar surface area (TPSA) is 80.6 Å². The van der Waals surface area contributed by atoms with Crippen molar-refractivity contribution in [2.75, 3.05) is 19.6 Å². The largest absolute Gasteiger partial charge is 0.485 e. The lowest BCUT2D eigenvalue weighted by molar-refractivity contribution is -0.143. The van der Waals surface area contributed by atoms with Crippen LogP contribution in [0.5, 0.6) is 5.75 Å². The number of aromatic nitrogens is 3. The zero-order chi connectivity index (χ0) is 25.7. The van der Waals surface area contributed by atoms with Crippen molar-refractivity contribution in [2.24, 2.45) is 24.3 Å². The first-order valence-corrected chi connectivity index (χ1v) is 14.1. The second kappa shape index (κ2) is 9.61. The minimum Gasteiger partial charge on any atom is -0.485 e. The fourth-order valence-electron chi connectivity index (χ4n) is 6.70. The molecule has 0 bridgehead atoms. The molecule has 1 aromatic heterocycles. The van der Waals surface area contributed by atoms with E-state index in [4.69, 9.17) is 16.3 Å². The first kappa shape index (κ1) is 24.7. The van der Waals surface area contributed by atoms with E-state index in [9.17, 15) is 9.59 Å². The van der Waals surface area contributed by atoms with Gasteiger partial charge in [-0.1, -0.05) is 31.4 Å². The standard InChI is InChI=1S/C28H36ClN5O3/c1-18-5-3-4-6-19(18)27(36)34-12-9-20-21(29)7-8-23(37-15-24-31-30-17-32(24)2)26(20)22(34)14-33-16-28(10-11-28)13-25(33)35/h7-8,17-19,22H,3-6,9-16H2,1-2H3/t18-,19+,22+/m0/s1. The third-order valence-corrected chi connectivity index (χ3v) is 9.56. The van der Waals surface area contributed by atoms with E-state index in [1.807, 2.05) is 33.5 Å². The van der Waals surface area contributed by atoms with E-state index in [1.165, 1.54) is 6.42 Å². The number of rotatable bonds is 6. The molecule has 0 radical (unpaired) electrons. The summed E-state index contributed by atoms with van der Waals surface area (Å²) < 4.78 is 8.16. The summed E-state index contributed by atoms with van der Waals surface area (Å²) in [6.07, 6.45) is 9.52. The molecule has 1 spiro atoms. The van der Waals surface area contributed by atoms with Gasteiger partial charge in [0.1, 0.15) is 18.7 Å². The van der Waals surface area contributed by atoms with Crippen LogP contribution in [0.3, 0.4) is 0 Å². The number of amides is 2. The lowest BCUT2D eigenvalue weighted by atomic mass is 9.78. The molecule has 198 valence electrons. The van der Waals surface area contributed by atoms with Crippen LogP contribution in [0.25, 0.3) is 0 Å². The lowest BCUT2D eigenvalue weighted by Gasteiger charge is -2.43. The van der Waals surface area contributed by atoms with Gasteiger partial charge in [0.25, 0.3) is 0 Å². The lowest BCUT2D eigenvalue weighted by Crippen LogP contribution is -2.49. The molecular weight excluding hydrogens is 490 g/mol. The monoisotopic (exact) mass is 525 g/mol. The first-order chi connectivity index (χ1) is 17.8. The van der Waals surface area contributed by atoms with E-state index in [0.29, 0.717) is 48.4 Å². The Bertz CT molecular complexity index is 1210. The van der Waals surface area contributed by atoms with Crippen LogP contribution in [0, 0.1) is 17.3 Å². The fraction of sp³-hybridized carbons (Fsp3) is 0.643. The highest BCUT2D eigenvalue weighted by Gasteiger charge is 2.52. The van der Waals surface area contributed by atoms with E-state index < -0.39 is 0 Å². The Kier molecular flexibility index (Phi) is 6.42. The SMILES string of the molecule is C[C@H]1CCCC[C@H]1C(=O)N1CCc2c(Cl)ccc(OCc3nncn3C)c2[C@H]1CN1CC2(CC2)CC1=O. The molecule has 1 saturated heterocycles. The molecule has 8 nitrogen and oxygen atoms in total. The van der Waals surface area contributed by atoms with Gasteiger partial charge in [-0.25, -0.2) is 0 Å². The van der Waals surface area contributed by atoms with Crippen molar-refractivity contribution in [3.8, 4) is 5.75 Å². The second-order valence-corrected chi connectivity index (χ2v) is 12.1. The summed E-state index contributed by atoms with van der Waals surface area (Å²) in [5.41, 5.74) is 2.14. The van der Waals surface area contributed by atoms with Gasteiger partial charge in [-0.3, -0.25) is 9.59 Å². The molecule has 2 amide bonds. The Morgan fingerprint density at radius 2 is 2.05 bits per heavy atom. The molecule has 9 heteroatoms. The summed E-state index contributed by atoms with van der Waals surface area (Å²) in [6, 6.07) is 3.50. The number of fused-ring (bicyclic) bond motifs is 1. The molecule has 2 aromatic rings. The molecule has 3 fully saturated rings. The van der Waals surface area contributed by atoms with Crippen molar-refractivity contribution in [3.05, 3.63) is 40.4 Å². The normalized spacial score (nSPS) is 26.5. The van der Waals surface area contributed by atoms with Gasteiger partial charge in [0.2, 0.25) is 11.8 Å². The third-order valence-electron chi connectivity index (χ3n) is 9.20. The molecule has 2 saturated carbocycles. The molecular formula is C28H36ClN5O3. The van der Waals surface area contributed by atoms with Gasteiger partial charge in [0.05, 0.1) is 6.04 Å². The van der Waals surface area contributed by atoms with E-state index in [2.05, 4.69) is 17.1 Å². The van der Waals surface area contributed by atoms with Crippen LogP contribution in [0.4, 0.5) is 0 Å². The highest BCUT2D eigenvalue weighted by molar-refractivity contribution is 6.31. The van der Waals surface area contributed by atoms with Crippen LogP contribution in [0.15, 0.2) is 18.5 Å². The number of hydrogen-bond donors (Lipinski definition) is 0. The molecule has 6 rings (SSSR count). The smallest absolute Gasteiger partial charge is 0.226 e. The molecule has 3 atom stereocenters. The Morgan fingerprint density at radius 3 is 2.76 bits per heavy atom. The Hall–Kier alpha value is -2.61. The highest BCUT2D eigenvalue weighted by atomic mass is 35.5. The number of hydrogen-bond acceptors (Lipinski definition) is 5. The summed E-state index contributed by atoms with van der Waals surface area (Å²) in [7, 11) is 1.89. The van der Waals surface area contributed by atoms with E-state index in [0.717, 1.165) is 49.8 Å². The van der Waals surface area contributed by atoms with Crippen LogP contribution in [-0.4, -0.2) is 56.0 Å². The Labute approximate surface area is 223 Å². The maximum Gasteiger partial charge on any atom is 0.226 e. The number of halogens is 1. The molecule has 0 N–H and O–H groups in total. The summed E-state index contributed by atoms with van der Waals surface area (Å²) in [6.45, 7) is 4.36. The number of carbonyl (C=O) groups is 2. The molecule has 4 aliphatic rings. The van der Waals surface area contributed by atoms with Crippen molar-refractivity contribution in [1.29, 1.82) is 0 Å². The van der Waals surface area contributed by atoms with Crippen LogP contribution in [0.1, 0.15) is 74.9 Å². The third kappa shape index (κ3) is 4.62. The van der Waals surface area contributed by atoms with Crippen LogP contribution < -0.4 is 4.74 Å². The van der Waals surface area contributed by atoms with Gasteiger partial charge in [0.15, 0.2) is 5.82 Å². The number of likely N-dealkylation sites (tertiary alicyclic amines) is 1. The molecule has 2 aliphatic carbocycles. The van der Waals surface area contributed by atoms with Gasteiger partial charge in [-0.15, -0.1) is 10.2 Å². The van der Waals surface area contributed by atoms with Crippen molar-refractivity contribution in [2.45, 2.75) is 70.9 Å². The molecule has 1 aromatic carbocycles. The van der Waals surface area contributed by atoms with Gasteiger partial charge in [0, 0.05) is 49.6 Å². The van der Waals surface area contributed by atoms with E-state index in [-0.39, 0.29) is 35.8 Å².